The fraction of sp³-hybridized carbons (Fsp3) is 0.700. The van der Waals surface area contributed by atoms with Gasteiger partial charge in [-0.3, -0.25) is 5.10 Å². The van der Waals surface area contributed by atoms with Crippen LogP contribution in [0.3, 0.4) is 0 Å². The summed E-state index contributed by atoms with van der Waals surface area (Å²) >= 11 is 0. The third-order valence-corrected chi connectivity index (χ3v) is 4.94. The molecule has 0 radical (unpaired) electrons. The van der Waals surface area contributed by atoms with Gasteiger partial charge >= 0.3 is 0 Å². The first-order chi connectivity index (χ1) is 7.92. The standard InChI is InChI=1S/C10H17N3O3S/c1-10(14)4-2-7-13(8-5-10)17(15,16)9-3-6-11-12-9/h3,6,14H,2,4-5,7-8H2,1H3,(H,11,12). The number of aromatic nitrogens is 2. The van der Waals surface area contributed by atoms with Crippen LogP contribution in [-0.4, -0.2) is 46.7 Å². The molecule has 1 fully saturated rings. The Bertz CT molecular complexity index is 467. The summed E-state index contributed by atoms with van der Waals surface area (Å²) < 4.78 is 25.8. The Morgan fingerprint density at radius 1 is 1.47 bits per heavy atom. The molecule has 6 nitrogen and oxygen atoms in total. The van der Waals surface area contributed by atoms with Crippen molar-refractivity contribution in [3.05, 3.63) is 12.3 Å². The molecule has 2 rings (SSSR count). The smallest absolute Gasteiger partial charge is 0.259 e. The lowest BCUT2D eigenvalue weighted by Crippen LogP contribution is -2.33. The average Bonchev–Trinajstić information content (AvgIpc) is 2.70. The van der Waals surface area contributed by atoms with Crippen molar-refractivity contribution < 1.29 is 13.5 Å². The van der Waals surface area contributed by atoms with Gasteiger partial charge in [-0.15, -0.1) is 0 Å². The zero-order chi connectivity index (χ0) is 12.5. The maximum Gasteiger partial charge on any atom is 0.259 e. The van der Waals surface area contributed by atoms with Gasteiger partial charge in [0.1, 0.15) is 0 Å². The number of H-pyrrole nitrogens is 1. The van der Waals surface area contributed by atoms with Gasteiger partial charge in [-0.05, 0) is 32.3 Å². The molecule has 0 spiro atoms. The third kappa shape index (κ3) is 2.67. The highest BCUT2D eigenvalue weighted by molar-refractivity contribution is 7.89. The number of rotatable bonds is 2. The van der Waals surface area contributed by atoms with E-state index < -0.39 is 15.6 Å². The molecule has 1 atom stereocenters. The number of nitrogens with one attached hydrogen (secondary N) is 1. The summed E-state index contributed by atoms with van der Waals surface area (Å²) in [5.41, 5.74) is -0.766. The highest BCUT2D eigenvalue weighted by Crippen LogP contribution is 2.24. The van der Waals surface area contributed by atoms with Crippen LogP contribution in [0.2, 0.25) is 0 Å². The van der Waals surface area contributed by atoms with Crippen LogP contribution in [0.1, 0.15) is 26.2 Å². The lowest BCUT2D eigenvalue weighted by molar-refractivity contribution is 0.0465. The summed E-state index contributed by atoms with van der Waals surface area (Å²) in [6.45, 7) is 2.53. The topological polar surface area (TPSA) is 86.3 Å². The molecule has 7 heteroatoms. The minimum atomic E-state index is -3.49. The molecule has 0 aromatic carbocycles. The van der Waals surface area contributed by atoms with Crippen molar-refractivity contribution in [1.82, 2.24) is 14.5 Å². The maximum absolute atomic E-state index is 12.2. The molecular formula is C10H17N3O3S. The van der Waals surface area contributed by atoms with E-state index in [9.17, 15) is 13.5 Å². The van der Waals surface area contributed by atoms with Crippen molar-refractivity contribution >= 4 is 10.0 Å². The lowest BCUT2D eigenvalue weighted by Gasteiger charge is -2.21. The second kappa shape index (κ2) is 4.40. The highest BCUT2D eigenvalue weighted by Gasteiger charge is 2.31. The second-order valence-electron chi connectivity index (χ2n) is 4.68. The molecule has 0 bridgehead atoms. The number of sulfonamides is 1. The van der Waals surface area contributed by atoms with Crippen LogP contribution in [0.4, 0.5) is 0 Å². The Labute approximate surface area is 101 Å². The molecule has 1 aromatic heterocycles. The first-order valence-electron chi connectivity index (χ1n) is 5.64. The molecule has 17 heavy (non-hydrogen) atoms. The molecule has 0 amide bonds. The van der Waals surface area contributed by atoms with Crippen molar-refractivity contribution in [3.63, 3.8) is 0 Å². The number of hydrogen-bond acceptors (Lipinski definition) is 4. The molecule has 1 aliphatic rings. The molecule has 96 valence electrons. The summed E-state index contributed by atoms with van der Waals surface area (Å²) in [6.07, 6.45) is 3.17. The van der Waals surface area contributed by atoms with Gasteiger partial charge in [-0.2, -0.15) is 9.40 Å². The molecule has 1 saturated heterocycles. The van der Waals surface area contributed by atoms with E-state index >= 15 is 0 Å². The minimum Gasteiger partial charge on any atom is -0.390 e. The van der Waals surface area contributed by atoms with Gasteiger partial charge in [-0.1, -0.05) is 0 Å². The fourth-order valence-electron chi connectivity index (χ4n) is 2.00. The van der Waals surface area contributed by atoms with Crippen molar-refractivity contribution in [3.8, 4) is 0 Å². The SMILES string of the molecule is CC1(O)CCCN(S(=O)(=O)c2ccn[nH]2)CC1. The van der Waals surface area contributed by atoms with Gasteiger partial charge in [0.2, 0.25) is 0 Å². The van der Waals surface area contributed by atoms with Crippen LogP contribution in [0, 0.1) is 0 Å². The second-order valence-corrected chi connectivity index (χ2v) is 6.58. The van der Waals surface area contributed by atoms with Gasteiger partial charge < -0.3 is 5.11 Å². The summed E-state index contributed by atoms with van der Waals surface area (Å²) in [4.78, 5) is 0. The van der Waals surface area contributed by atoms with Crippen molar-refractivity contribution in [2.24, 2.45) is 0 Å². The van der Waals surface area contributed by atoms with Crippen molar-refractivity contribution in [2.45, 2.75) is 36.8 Å². The first-order valence-corrected chi connectivity index (χ1v) is 7.08. The summed E-state index contributed by atoms with van der Waals surface area (Å²) in [6, 6.07) is 1.44. The van der Waals surface area contributed by atoms with Crippen molar-refractivity contribution in [1.29, 1.82) is 0 Å². The Morgan fingerprint density at radius 2 is 2.24 bits per heavy atom. The Balaban J connectivity index is 2.18. The molecule has 1 unspecified atom stereocenters. The Morgan fingerprint density at radius 3 is 2.88 bits per heavy atom. The molecule has 2 heterocycles. The average molecular weight is 259 g/mol. The van der Waals surface area contributed by atoms with E-state index in [1.165, 1.54) is 16.6 Å². The van der Waals surface area contributed by atoms with E-state index in [0.29, 0.717) is 32.4 Å². The van der Waals surface area contributed by atoms with Gasteiger partial charge in [0, 0.05) is 13.1 Å². The third-order valence-electron chi connectivity index (χ3n) is 3.12. The first kappa shape index (κ1) is 12.5. The fourth-order valence-corrected chi connectivity index (χ4v) is 3.39. The number of nitrogens with zero attached hydrogens (tertiary/aromatic N) is 2. The van der Waals surface area contributed by atoms with Crippen LogP contribution in [0.15, 0.2) is 17.3 Å². The minimum absolute atomic E-state index is 0.110. The quantitative estimate of drug-likeness (QED) is 0.801. The summed E-state index contributed by atoms with van der Waals surface area (Å²) in [5, 5.41) is 16.2. The molecule has 1 aliphatic heterocycles. The zero-order valence-electron chi connectivity index (χ0n) is 9.76. The molecular weight excluding hydrogens is 242 g/mol. The Hall–Kier alpha value is -0.920. The van der Waals surface area contributed by atoms with E-state index in [1.807, 2.05) is 0 Å². The van der Waals surface area contributed by atoms with E-state index in [4.69, 9.17) is 0 Å². The van der Waals surface area contributed by atoms with Crippen LogP contribution in [0.5, 0.6) is 0 Å². The van der Waals surface area contributed by atoms with E-state index in [2.05, 4.69) is 10.2 Å². The van der Waals surface area contributed by atoms with Gasteiger partial charge in [-0.25, -0.2) is 8.42 Å². The normalized spacial score (nSPS) is 27.9. The molecule has 0 aliphatic carbocycles. The van der Waals surface area contributed by atoms with Crippen LogP contribution in [-0.2, 0) is 10.0 Å². The van der Waals surface area contributed by atoms with E-state index in [-0.39, 0.29) is 5.03 Å². The van der Waals surface area contributed by atoms with Crippen LogP contribution < -0.4 is 0 Å². The lowest BCUT2D eigenvalue weighted by atomic mass is 9.98. The Kier molecular flexibility index (Phi) is 3.24. The van der Waals surface area contributed by atoms with E-state index in [0.717, 1.165) is 0 Å². The molecule has 2 N–H and O–H groups in total. The predicted octanol–water partition coefficient (Wildman–Crippen LogP) is 0.335. The highest BCUT2D eigenvalue weighted by atomic mass is 32.2. The largest absolute Gasteiger partial charge is 0.390 e. The zero-order valence-corrected chi connectivity index (χ0v) is 10.6. The molecule has 1 aromatic rings. The van der Waals surface area contributed by atoms with Crippen molar-refractivity contribution in [2.75, 3.05) is 13.1 Å². The van der Waals surface area contributed by atoms with Gasteiger partial charge in [0.25, 0.3) is 10.0 Å². The van der Waals surface area contributed by atoms with E-state index in [1.54, 1.807) is 6.92 Å². The maximum atomic E-state index is 12.2. The summed E-state index contributed by atoms with van der Waals surface area (Å²) in [5.74, 6) is 0. The van der Waals surface area contributed by atoms with Crippen LogP contribution in [0.25, 0.3) is 0 Å². The summed E-state index contributed by atoms with van der Waals surface area (Å²) in [7, 11) is -3.49. The monoisotopic (exact) mass is 259 g/mol. The number of aromatic amines is 1. The number of hydrogen-bond donors (Lipinski definition) is 2. The molecule has 0 saturated carbocycles. The van der Waals surface area contributed by atoms with Gasteiger partial charge in [0.05, 0.1) is 11.8 Å². The predicted molar refractivity (Wildman–Crippen MR) is 61.8 cm³/mol. The van der Waals surface area contributed by atoms with Crippen LogP contribution >= 0.6 is 0 Å². The number of aliphatic hydroxyl groups is 1. The van der Waals surface area contributed by atoms with Gasteiger partial charge in [0.15, 0.2) is 5.03 Å².